The Kier molecular flexibility index (Phi) is 4.23. The van der Waals surface area contributed by atoms with E-state index < -0.39 is 0 Å². The van der Waals surface area contributed by atoms with Crippen molar-refractivity contribution in [2.24, 2.45) is 0 Å². The molecule has 1 aromatic carbocycles. The van der Waals surface area contributed by atoms with Crippen molar-refractivity contribution in [1.29, 1.82) is 0 Å². The predicted molar refractivity (Wildman–Crippen MR) is 60.1 cm³/mol. The van der Waals surface area contributed by atoms with Gasteiger partial charge in [-0.3, -0.25) is 0 Å². The Labute approximate surface area is 90.2 Å². The molecule has 1 rings (SSSR count). The number of hydrogen-bond acceptors (Lipinski definition) is 2. The number of hydrogen-bond donors (Lipinski definition) is 1. The average molecular weight is 214 g/mol. The minimum absolute atomic E-state index is 0.295. The summed E-state index contributed by atoms with van der Waals surface area (Å²) in [5, 5.41) is 3.98. The van der Waals surface area contributed by atoms with Gasteiger partial charge >= 0.3 is 0 Å². The van der Waals surface area contributed by atoms with Crippen LogP contribution in [0.4, 0.5) is 0 Å². The van der Waals surface area contributed by atoms with Crippen molar-refractivity contribution in [3.8, 4) is 5.75 Å². The zero-order chi connectivity index (χ0) is 10.6. The summed E-state index contributed by atoms with van der Waals surface area (Å²) in [5.74, 6) is 0.885. The number of halogens is 1. The fourth-order valence-corrected chi connectivity index (χ4v) is 1.74. The van der Waals surface area contributed by atoms with Crippen LogP contribution >= 0.6 is 11.6 Å². The molecule has 0 aromatic heterocycles. The molecular weight excluding hydrogens is 198 g/mol. The van der Waals surface area contributed by atoms with Crippen LogP contribution < -0.4 is 10.1 Å². The summed E-state index contributed by atoms with van der Waals surface area (Å²) in [6.45, 7) is 2.13. The van der Waals surface area contributed by atoms with E-state index in [-0.39, 0.29) is 0 Å². The molecule has 0 heterocycles. The maximum Gasteiger partial charge on any atom is 0.123 e. The first-order valence-electron chi connectivity index (χ1n) is 4.73. The van der Waals surface area contributed by atoms with Gasteiger partial charge in [-0.05, 0) is 31.7 Å². The second-order valence-electron chi connectivity index (χ2n) is 3.14. The standard InChI is InChI=1S/C11H16ClNO/c1-4-10(13-2)9-7-8(12)5-6-11(9)14-3/h5-7,10,13H,4H2,1-3H3. The molecule has 0 saturated carbocycles. The molecule has 0 aliphatic carbocycles. The maximum absolute atomic E-state index is 5.95. The van der Waals surface area contributed by atoms with Crippen LogP contribution in [0, 0.1) is 0 Å². The van der Waals surface area contributed by atoms with Gasteiger partial charge in [0.15, 0.2) is 0 Å². The molecule has 0 saturated heterocycles. The highest BCUT2D eigenvalue weighted by molar-refractivity contribution is 6.30. The smallest absolute Gasteiger partial charge is 0.123 e. The molecule has 1 N–H and O–H groups in total. The fourth-order valence-electron chi connectivity index (χ4n) is 1.56. The van der Waals surface area contributed by atoms with Crippen molar-refractivity contribution in [1.82, 2.24) is 5.32 Å². The summed E-state index contributed by atoms with van der Waals surface area (Å²) in [6, 6.07) is 5.98. The minimum Gasteiger partial charge on any atom is -0.496 e. The van der Waals surface area contributed by atoms with E-state index >= 15 is 0 Å². The Bertz CT molecular complexity index is 297. The van der Waals surface area contributed by atoms with Crippen LogP contribution in [0.15, 0.2) is 18.2 Å². The summed E-state index contributed by atoms with van der Waals surface area (Å²) >= 11 is 5.95. The van der Waals surface area contributed by atoms with Crippen molar-refractivity contribution >= 4 is 11.6 Å². The molecule has 0 bridgehead atoms. The topological polar surface area (TPSA) is 21.3 Å². The molecule has 3 heteroatoms. The van der Waals surface area contributed by atoms with Crippen LogP contribution in [0.1, 0.15) is 24.9 Å². The second kappa shape index (κ2) is 5.23. The lowest BCUT2D eigenvalue weighted by atomic mass is 10.0. The summed E-state index contributed by atoms with van der Waals surface area (Å²) in [7, 11) is 3.61. The molecule has 0 aliphatic rings. The van der Waals surface area contributed by atoms with Crippen molar-refractivity contribution in [2.75, 3.05) is 14.2 Å². The lowest BCUT2D eigenvalue weighted by molar-refractivity contribution is 0.400. The van der Waals surface area contributed by atoms with Gasteiger partial charge in [0.1, 0.15) is 5.75 Å². The highest BCUT2D eigenvalue weighted by Gasteiger charge is 2.12. The summed E-state index contributed by atoms with van der Waals surface area (Å²) in [5.41, 5.74) is 1.12. The first-order valence-corrected chi connectivity index (χ1v) is 5.11. The third-order valence-corrected chi connectivity index (χ3v) is 2.56. The van der Waals surface area contributed by atoms with Crippen LogP contribution in [0.3, 0.4) is 0 Å². The van der Waals surface area contributed by atoms with E-state index in [1.54, 1.807) is 7.11 Å². The monoisotopic (exact) mass is 213 g/mol. The molecule has 0 amide bonds. The molecule has 1 aromatic rings. The van der Waals surface area contributed by atoms with Crippen LogP contribution in [0.2, 0.25) is 5.02 Å². The van der Waals surface area contributed by atoms with Gasteiger partial charge in [0.25, 0.3) is 0 Å². The zero-order valence-corrected chi connectivity index (χ0v) is 9.56. The van der Waals surface area contributed by atoms with E-state index in [9.17, 15) is 0 Å². The van der Waals surface area contributed by atoms with Crippen LogP contribution in [0.25, 0.3) is 0 Å². The zero-order valence-electron chi connectivity index (χ0n) is 8.80. The number of methoxy groups -OCH3 is 1. The lowest BCUT2D eigenvalue weighted by Crippen LogP contribution is -2.16. The van der Waals surface area contributed by atoms with Gasteiger partial charge in [-0.2, -0.15) is 0 Å². The number of rotatable bonds is 4. The first kappa shape index (κ1) is 11.3. The normalized spacial score (nSPS) is 12.6. The third kappa shape index (κ3) is 2.40. The van der Waals surface area contributed by atoms with E-state index in [2.05, 4.69) is 12.2 Å². The van der Waals surface area contributed by atoms with Crippen LogP contribution in [0.5, 0.6) is 5.75 Å². The van der Waals surface area contributed by atoms with E-state index in [4.69, 9.17) is 16.3 Å². The first-order chi connectivity index (χ1) is 6.72. The fraction of sp³-hybridized carbons (Fsp3) is 0.455. The molecule has 0 spiro atoms. The molecule has 0 aliphatic heterocycles. The summed E-state index contributed by atoms with van der Waals surface area (Å²) in [6.07, 6.45) is 1.01. The van der Waals surface area contributed by atoms with Crippen molar-refractivity contribution in [3.05, 3.63) is 28.8 Å². The quantitative estimate of drug-likeness (QED) is 0.830. The second-order valence-corrected chi connectivity index (χ2v) is 3.57. The van der Waals surface area contributed by atoms with Crippen molar-refractivity contribution in [3.63, 3.8) is 0 Å². The van der Waals surface area contributed by atoms with E-state index in [0.29, 0.717) is 6.04 Å². The summed E-state index contributed by atoms with van der Waals surface area (Å²) in [4.78, 5) is 0. The number of ether oxygens (including phenoxy) is 1. The number of benzene rings is 1. The van der Waals surface area contributed by atoms with E-state index in [0.717, 1.165) is 22.8 Å². The Morgan fingerprint density at radius 3 is 2.71 bits per heavy atom. The predicted octanol–water partition coefficient (Wildman–Crippen LogP) is 3.02. The number of nitrogens with one attached hydrogen (secondary N) is 1. The molecule has 2 nitrogen and oxygen atoms in total. The SMILES string of the molecule is CCC(NC)c1cc(Cl)ccc1OC. The Morgan fingerprint density at radius 1 is 1.50 bits per heavy atom. The van der Waals surface area contributed by atoms with Crippen molar-refractivity contribution < 1.29 is 4.74 Å². The van der Waals surface area contributed by atoms with Gasteiger partial charge in [-0.1, -0.05) is 18.5 Å². The molecule has 0 radical (unpaired) electrons. The molecule has 0 fully saturated rings. The van der Waals surface area contributed by atoms with Gasteiger partial charge in [-0.15, -0.1) is 0 Å². The largest absolute Gasteiger partial charge is 0.496 e. The summed E-state index contributed by atoms with van der Waals surface area (Å²) < 4.78 is 5.29. The van der Waals surface area contributed by atoms with Gasteiger partial charge in [-0.25, -0.2) is 0 Å². The Balaban J connectivity index is 3.08. The molecule has 1 atom stereocenters. The highest BCUT2D eigenvalue weighted by atomic mass is 35.5. The van der Waals surface area contributed by atoms with Gasteiger partial charge < -0.3 is 10.1 Å². The Morgan fingerprint density at radius 2 is 2.21 bits per heavy atom. The van der Waals surface area contributed by atoms with E-state index in [1.807, 2.05) is 25.2 Å². The van der Waals surface area contributed by atoms with Gasteiger partial charge in [0.2, 0.25) is 0 Å². The molecular formula is C11H16ClNO. The minimum atomic E-state index is 0.295. The van der Waals surface area contributed by atoms with Gasteiger partial charge in [0.05, 0.1) is 7.11 Å². The lowest BCUT2D eigenvalue weighted by Gasteiger charge is -2.17. The van der Waals surface area contributed by atoms with Crippen LogP contribution in [-0.4, -0.2) is 14.2 Å². The molecule has 78 valence electrons. The highest BCUT2D eigenvalue weighted by Crippen LogP contribution is 2.29. The van der Waals surface area contributed by atoms with Crippen molar-refractivity contribution in [2.45, 2.75) is 19.4 Å². The maximum atomic E-state index is 5.95. The van der Waals surface area contributed by atoms with E-state index in [1.165, 1.54) is 0 Å². The Hall–Kier alpha value is -0.730. The molecule has 1 unspecified atom stereocenters. The average Bonchev–Trinajstić information content (AvgIpc) is 2.20. The van der Waals surface area contributed by atoms with Gasteiger partial charge in [0, 0.05) is 16.6 Å². The third-order valence-electron chi connectivity index (χ3n) is 2.32. The molecule has 14 heavy (non-hydrogen) atoms. The van der Waals surface area contributed by atoms with Crippen LogP contribution in [-0.2, 0) is 0 Å².